The van der Waals surface area contributed by atoms with Crippen molar-refractivity contribution >= 4 is 70.7 Å². The largest absolute Gasteiger partial charge is 0.508 e. The first kappa shape index (κ1) is 34.7. The van der Waals surface area contributed by atoms with Crippen LogP contribution in [0.5, 0.6) is 17.2 Å². The summed E-state index contributed by atoms with van der Waals surface area (Å²) in [6.45, 7) is 1.78. The van der Waals surface area contributed by atoms with E-state index in [0.717, 1.165) is 5.69 Å². The van der Waals surface area contributed by atoms with Crippen LogP contribution in [-0.2, 0) is 20.1 Å². The Morgan fingerprint density at radius 2 is 1.33 bits per heavy atom. The predicted octanol–water partition coefficient (Wildman–Crippen LogP) is 8.52. The molecule has 0 fully saturated rings. The molecule has 0 aliphatic heterocycles. The topological polar surface area (TPSA) is 199 Å². The van der Waals surface area contributed by atoms with E-state index in [9.17, 15) is 31.6 Å². The number of aryl methyl sites for hydroxylation is 1. The van der Waals surface area contributed by atoms with E-state index in [0.29, 0.717) is 33.7 Å². The highest BCUT2D eigenvalue weighted by atomic mass is 32.2. The lowest BCUT2D eigenvalue weighted by atomic mass is 10.1. The number of methoxy groups -OCH3 is 1. The maximum absolute atomic E-state index is 12.8. The third-order valence-electron chi connectivity index (χ3n) is 7.74. The smallest absolute Gasteiger partial charge is 0.296 e. The lowest BCUT2D eigenvalue weighted by Crippen LogP contribution is -2.12. The fourth-order valence-corrected chi connectivity index (χ4v) is 6.90. The first-order valence-corrected chi connectivity index (χ1v) is 18.1. The molecule has 51 heavy (non-hydrogen) atoms. The summed E-state index contributed by atoms with van der Waals surface area (Å²) in [6, 6.07) is 30.4. The van der Waals surface area contributed by atoms with Gasteiger partial charge < -0.3 is 25.6 Å². The highest BCUT2D eigenvalue weighted by molar-refractivity contribution is 7.92. The molecule has 0 spiro atoms. The van der Waals surface area contributed by atoms with Crippen LogP contribution in [-0.4, -0.2) is 38.7 Å². The fourth-order valence-electron chi connectivity index (χ4n) is 5.18. The van der Waals surface area contributed by atoms with Crippen LogP contribution in [0.1, 0.15) is 5.56 Å². The Hall–Kier alpha value is -6.16. The summed E-state index contributed by atoms with van der Waals surface area (Å²) in [5, 5.41) is 35.9. The van der Waals surface area contributed by atoms with Gasteiger partial charge in [0.05, 0.1) is 12.0 Å². The van der Waals surface area contributed by atoms with Crippen LogP contribution in [0.4, 0.5) is 39.8 Å². The summed E-state index contributed by atoms with van der Waals surface area (Å²) in [7, 11) is -7.32. The molecule has 0 atom stereocenters. The molecule has 6 aromatic carbocycles. The summed E-state index contributed by atoms with van der Waals surface area (Å²) in [4.78, 5) is -0.609. The zero-order chi connectivity index (χ0) is 36.3. The summed E-state index contributed by atoms with van der Waals surface area (Å²) < 4.78 is 68.6. The third-order valence-corrected chi connectivity index (χ3v) is 10.0. The van der Waals surface area contributed by atoms with Gasteiger partial charge in [-0.2, -0.15) is 8.42 Å². The number of aromatic hydroxyl groups is 2. The van der Waals surface area contributed by atoms with Crippen LogP contribution in [0, 0.1) is 6.92 Å². The van der Waals surface area contributed by atoms with Gasteiger partial charge in [-0.1, -0.05) is 18.2 Å². The van der Waals surface area contributed by atoms with Crippen molar-refractivity contribution in [2.45, 2.75) is 16.7 Å². The van der Waals surface area contributed by atoms with E-state index in [2.05, 4.69) is 25.6 Å². The van der Waals surface area contributed by atoms with Gasteiger partial charge in [0.25, 0.3) is 20.1 Å². The minimum Gasteiger partial charge on any atom is -0.508 e. The number of benzene rings is 6. The number of nitrogens with one attached hydrogen (secondary N) is 3. The molecular weight excluding hydrogens is 695 g/mol. The van der Waals surface area contributed by atoms with Gasteiger partial charge in [-0.15, -0.1) is 10.2 Å². The average Bonchev–Trinajstić information content (AvgIpc) is 3.10. The molecule has 0 amide bonds. The molecule has 260 valence electrons. The van der Waals surface area contributed by atoms with Gasteiger partial charge in [-0.25, -0.2) is 8.42 Å². The van der Waals surface area contributed by atoms with Crippen molar-refractivity contribution in [3.05, 3.63) is 121 Å². The first-order valence-electron chi connectivity index (χ1n) is 15.2. The van der Waals surface area contributed by atoms with Gasteiger partial charge >= 0.3 is 0 Å². The van der Waals surface area contributed by atoms with Crippen LogP contribution in [0.25, 0.3) is 10.8 Å². The number of azo groups is 1. The maximum Gasteiger partial charge on any atom is 0.296 e. The van der Waals surface area contributed by atoms with Gasteiger partial charge in [-0.3, -0.25) is 9.27 Å². The van der Waals surface area contributed by atoms with Crippen LogP contribution in [0.15, 0.2) is 135 Å². The normalized spacial score (nSPS) is 11.8. The van der Waals surface area contributed by atoms with Crippen LogP contribution in [0.2, 0.25) is 0 Å². The minimum atomic E-state index is -4.84. The molecule has 6 rings (SSSR count). The summed E-state index contributed by atoms with van der Waals surface area (Å²) >= 11 is 0. The predicted molar refractivity (Wildman–Crippen MR) is 196 cm³/mol. The van der Waals surface area contributed by atoms with E-state index in [1.165, 1.54) is 49.6 Å². The lowest BCUT2D eigenvalue weighted by Gasteiger charge is -2.14. The van der Waals surface area contributed by atoms with Crippen molar-refractivity contribution in [2.24, 2.45) is 10.2 Å². The Morgan fingerprint density at radius 1 is 0.686 bits per heavy atom. The fraction of sp³-hybridized carbons (Fsp3) is 0.0556. The van der Waals surface area contributed by atoms with Gasteiger partial charge in [0, 0.05) is 39.9 Å². The van der Waals surface area contributed by atoms with Crippen molar-refractivity contribution < 1.29 is 36.3 Å². The molecule has 0 heterocycles. The van der Waals surface area contributed by atoms with Crippen molar-refractivity contribution in [2.75, 3.05) is 22.5 Å². The standard InChI is InChI=1S/C36H31N5O8S2/c1-22-18-32(33(49-2)21-31(22)38-25-10-15-29(16-11-25)50(44,45)41-26-8-13-28(42)14-9-26)39-40-35-34(51(46,47)48)20-23-19-27(12-17-30(23)36(35)43)37-24-6-4-3-5-7-24/h3-21,37-38,41-43H,1-2H3,(H,46,47,48)/b40-39+. The number of ether oxygens (including phenoxy) is 1. The van der Waals surface area contributed by atoms with Crippen LogP contribution < -0.4 is 20.1 Å². The van der Waals surface area contributed by atoms with Crippen molar-refractivity contribution in [1.82, 2.24) is 0 Å². The van der Waals surface area contributed by atoms with E-state index in [4.69, 9.17) is 4.74 Å². The minimum absolute atomic E-state index is 0.0125. The average molecular weight is 726 g/mol. The van der Waals surface area contributed by atoms with Gasteiger partial charge in [0.15, 0.2) is 5.75 Å². The second-order valence-electron chi connectivity index (χ2n) is 11.3. The molecule has 0 aromatic heterocycles. The third kappa shape index (κ3) is 7.86. The van der Waals surface area contributed by atoms with Crippen molar-refractivity contribution in [1.29, 1.82) is 0 Å². The molecule has 0 aliphatic rings. The maximum atomic E-state index is 12.8. The number of nitrogens with zero attached hydrogens (tertiary/aromatic N) is 2. The first-order chi connectivity index (χ1) is 24.3. The monoisotopic (exact) mass is 725 g/mol. The zero-order valence-corrected chi connectivity index (χ0v) is 28.7. The number of hydrogen-bond donors (Lipinski definition) is 6. The molecular formula is C36H31N5O8S2. The number of hydrogen-bond acceptors (Lipinski definition) is 11. The van der Waals surface area contributed by atoms with Crippen molar-refractivity contribution in [3.63, 3.8) is 0 Å². The number of phenols is 2. The molecule has 0 saturated heterocycles. The van der Waals surface area contributed by atoms with Crippen LogP contribution in [0.3, 0.4) is 0 Å². The molecule has 0 bridgehead atoms. The second kappa shape index (κ2) is 14.0. The number of sulfonamides is 1. The van der Waals surface area contributed by atoms with E-state index >= 15 is 0 Å². The zero-order valence-electron chi connectivity index (χ0n) is 27.1. The highest BCUT2D eigenvalue weighted by Gasteiger charge is 2.23. The molecule has 15 heteroatoms. The summed E-state index contributed by atoms with van der Waals surface area (Å²) in [5.74, 6) is -0.235. The summed E-state index contributed by atoms with van der Waals surface area (Å²) in [6.07, 6.45) is 0. The second-order valence-corrected chi connectivity index (χ2v) is 14.4. The Kier molecular flexibility index (Phi) is 9.52. The number of fused-ring (bicyclic) bond motifs is 1. The Balaban J connectivity index is 1.26. The molecule has 0 saturated carbocycles. The summed E-state index contributed by atoms with van der Waals surface area (Å²) in [5.41, 5.74) is 3.31. The molecule has 6 aromatic rings. The Morgan fingerprint density at radius 3 is 2.00 bits per heavy atom. The SMILES string of the molecule is COc1cc(Nc2ccc(S(=O)(=O)Nc3ccc(O)cc3)cc2)c(C)cc1/N=N/c1c(S(=O)(=O)O)cc2cc(Nc3ccccc3)ccc2c1O. The highest BCUT2D eigenvalue weighted by Crippen LogP contribution is 2.43. The van der Waals surface area contributed by atoms with E-state index in [1.807, 2.05) is 30.3 Å². The van der Waals surface area contributed by atoms with E-state index < -0.39 is 36.5 Å². The van der Waals surface area contributed by atoms with Gasteiger partial charge in [0.1, 0.15) is 27.8 Å². The van der Waals surface area contributed by atoms with E-state index in [-0.39, 0.29) is 27.5 Å². The molecule has 0 radical (unpaired) electrons. The Labute approximate surface area is 293 Å². The molecule has 6 N–H and O–H groups in total. The quantitative estimate of drug-likeness (QED) is 0.0427. The number of rotatable bonds is 11. The Bertz CT molecular complexity index is 2490. The number of anilines is 5. The van der Waals surface area contributed by atoms with Gasteiger partial charge in [0.2, 0.25) is 0 Å². The molecule has 0 unspecified atom stereocenters. The molecule has 0 aliphatic carbocycles. The number of phenolic OH excluding ortho intramolecular Hbond substituents is 2. The lowest BCUT2D eigenvalue weighted by molar-refractivity contribution is 0.416. The molecule has 13 nitrogen and oxygen atoms in total. The number of para-hydroxylation sites is 1. The van der Waals surface area contributed by atoms with Crippen LogP contribution >= 0.6 is 0 Å². The van der Waals surface area contributed by atoms with Gasteiger partial charge in [-0.05, 0) is 109 Å². The van der Waals surface area contributed by atoms with E-state index in [1.54, 1.807) is 49.4 Å². The van der Waals surface area contributed by atoms with Crippen molar-refractivity contribution in [3.8, 4) is 17.2 Å².